The Bertz CT molecular complexity index is 369. The van der Waals surface area contributed by atoms with Crippen LogP contribution >= 0.6 is 0 Å². The third-order valence-corrected chi connectivity index (χ3v) is 3.17. The van der Waals surface area contributed by atoms with E-state index in [1.165, 1.54) is 18.4 Å². The molecule has 1 aromatic rings. The number of aromatic nitrogens is 1. The van der Waals surface area contributed by atoms with Gasteiger partial charge in [0.15, 0.2) is 0 Å². The van der Waals surface area contributed by atoms with Gasteiger partial charge in [-0.15, -0.1) is 0 Å². The smallest absolute Gasteiger partial charge is 0.129 e. The molecule has 3 nitrogen and oxygen atoms in total. The summed E-state index contributed by atoms with van der Waals surface area (Å²) in [7, 11) is 2.13. The Morgan fingerprint density at radius 3 is 2.62 bits per heavy atom. The van der Waals surface area contributed by atoms with Crippen molar-refractivity contribution in [2.45, 2.75) is 45.2 Å². The van der Waals surface area contributed by atoms with Crippen molar-refractivity contribution >= 4 is 5.82 Å². The summed E-state index contributed by atoms with van der Waals surface area (Å²) >= 11 is 0. The molecular weight excluding hydrogens is 198 g/mol. The highest BCUT2D eigenvalue weighted by molar-refractivity contribution is 5.44. The van der Waals surface area contributed by atoms with E-state index in [0.29, 0.717) is 18.5 Å². The zero-order valence-electron chi connectivity index (χ0n) is 10.4. The van der Waals surface area contributed by atoms with Crippen LogP contribution in [0.25, 0.3) is 0 Å². The van der Waals surface area contributed by atoms with E-state index < -0.39 is 0 Å². The summed E-state index contributed by atoms with van der Waals surface area (Å²) < 4.78 is 0. The molecule has 1 fully saturated rings. The van der Waals surface area contributed by atoms with Crippen LogP contribution in [0.2, 0.25) is 0 Å². The van der Waals surface area contributed by atoms with Crippen LogP contribution in [0, 0.1) is 0 Å². The molecular formula is C13H21N3. The standard InChI is InChI=1S/C13H21N3/c1-9(2)12-6-10(8-14)7-13(15-12)16(3)11-4-5-11/h6-7,9,11H,4-5,8,14H2,1-3H3. The number of anilines is 1. The minimum absolute atomic E-state index is 0.456. The predicted molar refractivity (Wildman–Crippen MR) is 67.6 cm³/mol. The summed E-state index contributed by atoms with van der Waals surface area (Å²) in [5, 5.41) is 0. The summed E-state index contributed by atoms with van der Waals surface area (Å²) in [4.78, 5) is 7.00. The second-order valence-electron chi connectivity index (χ2n) is 4.96. The topological polar surface area (TPSA) is 42.1 Å². The first-order valence-corrected chi connectivity index (χ1v) is 6.05. The van der Waals surface area contributed by atoms with Crippen molar-refractivity contribution in [3.63, 3.8) is 0 Å². The first-order valence-electron chi connectivity index (χ1n) is 6.05. The monoisotopic (exact) mass is 219 g/mol. The van der Waals surface area contributed by atoms with Gasteiger partial charge in [-0.05, 0) is 36.5 Å². The van der Waals surface area contributed by atoms with Crippen molar-refractivity contribution in [3.8, 4) is 0 Å². The second-order valence-corrected chi connectivity index (χ2v) is 4.96. The van der Waals surface area contributed by atoms with E-state index in [2.05, 4.69) is 37.9 Å². The fourth-order valence-corrected chi connectivity index (χ4v) is 1.84. The van der Waals surface area contributed by atoms with Gasteiger partial charge in [-0.25, -0.2) is 4.98 Å². The van der Waals surface area contributed by atoms with E-state index in [1.807, 2.05) is 0 Å². The van der Waals surface area contributed by atoms with E-state index in [9.17, 15) is 0 Å². The molecule has 1 aromatic heterocycles. The average molecular weight is 219 g/mol. The minimum atomic E-state index is 0.456. The van der Waals surface area contributed by atoms with Crippen LogP contribution in [0.4, 0.5) is 5.82 Å². The van der Waals surface area contributed by atoms with Crippen LogP contribution in [0.15, 0.2) is 12.1 Å². The third-order valence-electron chi connectivity index (χ3n) is 3.17. The number of nitrogens with two attached hydrogens (primary N) is 1. The molecule has 0 atom stereocenters. The van der Waals surface area contributed by atoms with E-state index in [4.69, 9.17) is 10.7 Å². The predicted octanol–water partition coefficient (Wildman–Crippen LogP) is 2.26. The maximum Gasteiger partial charge on any atom is 0.129 e. The maximum atomic E-state index is 5.73. The quantitative estimate of drug-likeness (QED) is 0.844. The Hall–Kier alpha value is -1.09. The molecule has 3 heteroatoms. The molecule has 0 spiro atoms. The van der Waals surface area contributed by atoms with Crippen molar-refractivity contribution in [3.05, 3.63) is 23.4 Å². The van der Waals surface area contributed by atoms with Gasteiger partial charge in [0, 0.05) is 25.3 Å². The van der Waals surface area contributed by atoms with Crippen LogP contribution in [0.1, 0.15) is 43.9 Å². The molecule has 1 aliphatic carbocycles. The lowest BCUT2D eigenvalue weighted by Crippen LogP contribution is -2.21. The lowest BCUT2D eigenvalue weighted by atomic mass is 10.1. The lowest BCUT2D eigenvalue weighted by Gasteiger charge is -2.20. The zero-order chi connectivity index (χ0) is 11.7. The molecule has 0 unspecified atom stereocenters. The number of hydrogen-bond acceptors (Lipinski definition) is 3. The van der Waals surface area contributed by atoms with E-state index in [1.54, 1.807) is 0 Å². The number of nitrogens with zero attached hydrogens (tertiary/aromatic N) is 2. The van der Waals surface area contributed by atoms with Crippen molar-refractivity contribution in [1.82, 2.24) is 4.98 Å². The zero-order valence-corrected chi connectivity index (χ0v) is 10.4. The van der Waals surface area contributed by atoms with Gasteiger partial charge < -0.3 is 10.6 Å². The van der Waals surface area contributed by atoms with Crippen LogP contribution in [-0.2, 0) is 6.54 Å². The number of rotatable bonds is 4. The highest BCUT2D eigenvalue weighted by atomic mass is 15.2. The largest absolute Gasteiger partial charge is 0.357 e. The Labute approximate surface area is 97.7 Å². The highest BCUT2D eigenvalue weighted by Gasteiger charge is 2.27. The van der Waals surface area contributed by atoms with Crippen LogP contribution < -0.4 is 10.6 Å². The van der Waals surface area contributed by atoms with Gasteiger partial charge in [0.25, 0.3) is 0 Å². The van der Waals surface area contributed by atoms with Crippen molar-refractivity contribution in [2.75, 3.05) is 11.9 Å². The number of pyridine rings is 1. The molecule has 2 N–H and O–H groups in total. The molecule has 1 saturated carbocycles. The molecule has 0 amide bonds. The molecule has 0 saturated heterocycles. The van der Waals surface area contributed by atoms with Gasteiger partial charge in [0.1, 0.15) is 5.82 Å². The summed E-state index contributed by atoms with van der Waals surface area (Å²) in [6, 6.07) is 4.93. The molecule has 0 radical (unpaired) electrons. The van der Waals surface area contributed by atoms with Gasteiger partial charge in [0.05, 0.1) is 0 Å². The Balaban J connectivity index is 2.31. The summed E-state index contributed by atoms with van der Waals surface area (Å²) in [5.74, 6) is 1.53. The van der Waals surface area contributed by atoms with Gasteiger partial charge in [-0.2, -0.15) is 0 Å². The van der Waals surface area contributed by atoms with Crippen molar-refractivity contribution < 1.29 is 0 Å². The Morgan fingerprint density at radius 2 is 2.12 bits per heavy atom. The first kappa shape index (κ1) is 11.4. The summed E-state index contributed by atoms with van der Waals surface area (Å²) in [5.41, 5.74) is 8.06. The Kier molecular flexibility index (Phi) is 3.15. The maximum absolute atomic E-state index is 5.73. The fraction of sp³-hybridized carbons (Fsp3) is 0.615. The van der Waals surface area contributed by atoms with Gasteiger partial charge in [0.2, 0.25) is 0 Å². The lowest BCUT2D eigenvalue weighted by molar-refractivity contribution is 0.798. The first-order chi connectivity index (χ1) is 7.61. The normalized spacial score (nSPS) is 15.6. The minimum Gasteiger partial charge on any atom is -0.357 e. The van der Waals surface area contributed by atoms with E-state index in [0.717, 1.165) is 11.5 Å². The van der Waals surface area contributed by atoms with Gasteiger partial charge in [-0.1, -0.05) is 13.8 Å². The summed E-state index contributed by atoms with van der Waals surface area (Å²) in [6.45, 7) is 4.93. The second kappa shape index (κ2) is 4.42. The molecule has 1 aliphatic rings. The molecule has 0 aromatic carbocycles. The fourth-order valence-electron chi connectivity index (χ4n) is 1.84. The highest BCUT2D eigenvalue weighted by Crippen LogP contribution is 2.30. The molecule has 16 heavy (non-hydrogen) atoms. The van der Waals surface area contributed by atoms with E-state index >= 15 is 0 Å². The Morgan fingerprint density at radius 1 is 1.44 bits per heavy atom. The van der Waals surface area contributed by atoms with Gasteiger partial charge >= 0.3 is 0 Å². The third kappa shape index (κ3) is 2.35. The summed E-state index contributed by atoms with van der Waals surface area (Å²) in [6.07, 6.45) is 2.59. The van der Waals surface area contributed by atoms with Crippen LogP contribution in [-0.4, -0.2) is 18.1 Å². The molecule has 0 aliphatic heterocycles. The molecule has 0 bridgehead atoms. The van der Waals surface area contributed by atoms with Crippen molar-refractivity contribution in [2.24, 2.45) is 5.73 Å². The average Bonchev–Trinajstić information content (AvgIpc) is 3.11. The van der Waals surface area contributed by atoms with Crippen LogP contribution in [0.3, 0.4) is 0 Å². The van der Waals surface area contributed by atoms with E-state index in [-0.39, 0.29) is 0 Å². The molecule has 88 valence electrons. The van der Waals surface area contributed by atoms with Gasteiger partial charge in [-0.3, -0.25) is 0 Å². The van der Waals surface area contributed by atoms with Crippen LogP contribution in [0.5, 0.6) is 0 Å². The SMILES string of the molecule is CC(C)c1cc(CN)cc(N(C)C2CC2)n1. The number of hydrogen-bond donors (Lipinski definition) is 1. The molecule has 1 heterocycles. The molecule has 2 rings (SSSR count). The van der Waals surface area contributed by atoms with Crippen molar-refractivity contribution in [1.29, 1.82) is 0 Å².